The molecule has 1 amide bonds. The number of halogens is 1. The lowest BCUT2D eigenvalue weighted by Crippen LogP contribution is -2.13. The Bertz CT molecular complexity index is 1010. The Morgan fingerprint density at radius 2 is 2.12 bits per heavy atom. The molecule has 0 saturated carbocycles. The normalized spacial score (nSPS) is 12.6. The van der Waals surface area contributed by atoms with Crippen LogP contribution in [0.15, 0.2) is 48.7 Å². The molecule has 0 saturated heterocycles. The summed E-state index contributed by atoms with van der Waals surface area (Å²) in [4.78, 5) is 21.0. The van der Waals surface area contributed by atoms with Crippen LogP contribution >= 0.6 is 11.6 Å². The zero-order valence-electron chi connectivity index (χ0n) is 13.7. The van der Waals surface area contributed by atoms with Crippen LogP contribution in [0.2, 0.25) is 5.02 Å². The SMILES string of the molecule is O=C1Cc2cnc(NCc3cccc(O)c3)nc2-c2ccc(Cl)cc2N1. The number of nitrogens with one attached hydrogen (secondary N) is 2. The Hall–Kier alpha value is -3.12. The highest BCUT2D eigenvalue weighted by Gasteiger charge is 2.21. The van der Waals surface area contributed by atoms with Gasteiger partial charge in [0.05, 0.1) is 17.8 Å². The Kier molecular flexibility index (Phi) is 4.18. The summed E-state index contributed by atoms with van der Waals surface area (Å²) < 4.78 is 0. The number of fused-ring (bicyclic) bond motifs is 3. The van der Waals surface area contributed by atoms with Crippen LogP contribution in [0.3, 0.4) is 0 Å². The molecule has 6 nitrogen and oxygen atoms in total. The van der Waals surface area contributed by atoms with E-state index in [4.69, 9.17) is 11.6 Å². The fourth-order valence-corrected chi connectivity index (χ4v) is 3.07. The van der Waals surface area contributed by atoms with Crippen molar-refractivity contribution in [1.82, 2.24) is 9.97 Å². The molecule has 2 heterocycles. The second-order valence-corrected chi connectivity index (χ2v) is 6.44. The molecule has 3 aromatic rings. The van der Waals surface area contributed by atoms with E-state index in [1.807, 2.05) is 12.1 Å². The standard InChI is InChI=1S/C19H15ClN4O2/c20-13-4-5-15-16(8-13)23-17(26)7-12-10-22-19(24-18(12)15)21-9-11-2-1-3-14(25)6-11/h1-6,8,10,25H,7,9H2,(H,23,26)(H,21,22,24). The molecule has 7 heteroatoms. The monoisotopic (exact) mass is 366 g/mol. The number of anilines is 2. The van der Waals surface area contributed by atoms with E-state index in [9.17, 15) is 9.90 Å². The molecule has 0 spiro atoms. The summed E-state index contributed by atoms with van der Waals surface area (Å²) in [5.74, 6) is 0.529. The van der Waals surface area contributed by atoms with Gasteiger partial charge in [-0.1, -0.05) is 23.7 Å². The first-order valence-corrected chi connectivity index (χ1v) is 8.44. The quantitative estimate of drug-likeness (QED) is 0.659. The second-order valence-electron chi connectivity index (χ2n) is 6.01. The summed E-state index contributed by atoms with van der Waals surface area (Å²) in [7, 11) is 0. The van der Waals surface area contributed by atoms with Crippen molar-refractivity contribution in [3.8, 4) is 17.0 Å². The molecule has 0 unspecified atom stereocenters. The van der Waals surface area contributed by atoms with Crippen LogP contribution in [0.1, 0.15) is 11.1 Å². The van der Waals surface area contributed by atoms with Gasteiger partial charge in [0.1, 0.15) is 5.75 Å². The second kappa shape index (κ2) is 6.65. The van der Waals surface area contributed by atoms with Crippen LogP contribution in [0, 0.1) is 0 Å². The Morgan fingerprint density at radius 3 is 2.96 bits per heavy atom. The molecule has 130 valence electrons. The van der Waals surface area contributed by atoms with Crippen LogP contribution in [-0.4, -0.2) is 21.0 Å². The predicted octanol–water partition coefficient (Wildman–Crippen LogP) is 3.61. The summed E-state index contributed by atoms with van der Waals surface area (Å²) in [5, 5.41) is 16.1. The van der Waals surface area contributed by atoms with Crippen molar-refractivity contribution in [2.75, 3.05) is 10.6 Å². The minimum absolute atomic E-state index is 0.128. The highest BCUT2D eigenvalue weighted by Crippen LogP contribution is 2.34. The molecule has 1 aromatic heterocycles. The fourth-order valence-electron chi connectivity index (χ4n) is 2.90. The van der Waals surface area contributed by atoms with Gasteiger partial charge in [-0.2, -0.15) is 0 Å². The first-order chi connectivity index (χ1) is 12.6. The summed E-state index contributed by atoms with van der Waals surface area (Å²) in [6.07, 6.45) is 1.87. The molecule has 0 fully saturated rings. The van der Waals surface area contributed by atoms with E-state index >= 15 is 0 Å². The highest BCUT2D eigenvalue weighted by atomic mass is 35.5. The number of phenolic OH excluding ortho intramolecular Hbond substituents is 1. The van der Waals surface area contributed by atoms with Gasteiger partial charge in [0.25, 0.3) is 0 Å². The maximum atomic E-state index is 12.1. The van der Waals surface area contributed by atoms with Gasteiger partial charge < -0.3 is 15.7 Å². The molecule has 0 bridgehead atoms. The average Bonchev–Trinajstić information content (AvgIpc) is 2.74. The van der Waals surface area contributed by atoms with Gasteiger partial charge >= 0.3 is 0 Å². The number of carbonyl (C=O) groups is 1. The molecule has 26 heavy (non-hydrogen) atoms. The fraction of sp³-hybridized carbons (Fsp3) is 0.105. The van der Waals surface area contributed by atoms with E-state index in [0.717, 1.165) is 16.7 Å². The Labute approximate surface area is 154 Å². The van der Waals surface area contributed by atoms with E-state index < -0.39 is 0 Å². The number of rotatable bonds is 3. The van der Waals surface area contributed by atoms with E-state index in [-0.39, 0.29) is 18.1 Å². The van der Waals surface area contributed by atoms with E-state index in [0.29, 0.717) is 28.9 Å². The van der Waals surface area contributed by atoms with Gasteiger partial charge in [-0.05, 0) is 35.9 Å². The lowest BCUT2D eigenvalue weighted by atomic mass is 10.1. The zero-order chi connectivity index (χ0) is 18.1. The maximum Gasteiger partial charge on any atom is 0.228 e. The number of hydrogen-bond donors (Lipinski definition) is 3. The van der Waals surface area contributed by atoms with Gasteiger partial charge in [0.2, 0.25) is 11.9 Å². The number of hydrogen-bond acceptors (Lipinski definition) is 5. The number of nitrogens with zero attached hydrogens (tertiary/aromatic N) is 2. The van der Waals surface area contributed by atoms with Crippen molar-refractivity contribution < 1.29 is 9.90 Å². The summed E-state index contributed by atoms with van der Waals surface area (Å²) >= 11 is 6.05. The van der Waals surface area contributed by atoms with Crippen molar-refractivity contribution in [1.29, 1.82) is 0 Å². The van der Waals surface area contributed by atoms with Crippen LogP contribution in [0.4, 0.5) is 11.6 Å². The molecule has 1 aliphatic rings. The van der Waals surface area contributed by atoms with Crippen molar-refractivity contribution in [3.05, 3.63) is 64.8 Å². The zero-order valence-corrected chi connectivity index (χ0v) is 14.4. The molecule has 1 aliphatic heterocycles. The molecular weight excluding hydrogens is 352 g/mol. The summed E-state index contributed by atoms with van der Waals surface area (Å²) in [5.41, 5.74) is 3.81. The molecule has 2 aromatic carbocycles. The minimum Gasteiger partial charge on any atom is -0.508 e. The van der Waals surface area contributed by atoms with E-state index in [1.165, 1.54) is 0 Å². The van der Waals surface area contributed by atoms with Gasteiger partial charge in [-0.25, -0.2) is 9.97 Å². The third-order valence-corrected chi connectivity index (χ3v) is 4.32. The summed E-state index contributed by atoms with van der Waals surface area (Å²) in [6, 6.07) is 12.3. The number of aromatic hydroxyl groups is 1. The molecule has 0 radical (unpaired) electrons. The number of phenols is 1. The lowest BCUT2D eigenvalue weighted by molar-refractivity contribution is -0.115. The van der Waals surface area contributed by atoms with Gasteiger partial charge in [0, 0.05) is 28.9 Å². The van der Waals surface area contributed by atoms with E-state index in [2.05, 4.69) is 20.6 Å². The third kappa shape index (κ3) is 3.32. The van der Waals surface area contributed by atoms with Gasteiger partial charge in [-0.15, -0.1) is 0 Å². The highest BCUT2D eigenvalue weighted by molar-refractivity contribution is 6.31. The summed E-state index contributed by atoms with van der Waals surface area (Å²) in [6.45, 7) is 0.470. The Balaban J connectivity index is 1.67. The van der Waals surface area contributed by atoms with Crippen LogP contribution in [0.5, 0.6) is 5.75 Å². The molecule has 3 N–H and O–H groups in total. The number of benzene rings is 2. The molecular formula is C19H15ClN4O2. The first-order valence-electron chi connectivity index (χ1n) is 8.06. The predicted molar refractivity (Wildman–Crippen MR) is 100 cm³/mol. The van der Waals surface area contributed by atoms with Crippen LogP contribution in [0.25, 0.3) is 11.3 Å². The average molecular weight is 367 g/mol. The number of amides is 1. The number of aromatic nitrogens is 2. The van der Waals surface area contributed by atoms with Crippen LogP contribution in [-0.2, 0) is 17.8 Å². The lowest BCUT2D eigenvalue weighted by Gasteiger charge is -2.11. The Morgan fingerprint density at radius 1 is 1.23 bits per heavy atom. The first kappa shape index (κ1) is 16.4. The minimum atomic E-state index is -0.128. The van der Waals surface area contributed by atoms with Crippen LogP contribution < -0.4 is 10.6 Å². The number of carbonyl (C=O) groups excluding carboxylic acids is 1. The smallest absolute Gasteiger partial charge is 0.228 e. The van der Waals surface area contributed by atoms with E-state index in [1.54, 1.807) is 36.5 Å². The molecule has 4 rings (SSSR count). The van der Waals surface area contributed by atoms with Crippen molar-refractivity contribution in [2.45, 2.75) is 13.0 Å². The van der Waals surface area contributed by atoms with Gasteiger partial charge in [-0.3, -0.25) is 4.79 Å². The van der Waals surface area contributed by atoms with Crippen molar-refractivity contribution in [3.63, 3.8) is 0 Å². The third-order valence-electron chi connectivity index (χ3n) is 4.09. The largest absolute Gasteiger partial charge is 0.508 e. The van der Waals surface area contributed by atoms with Gasteiger partial charge in [0.15, 0.2) is 0 Å². The molecule has 0 aliphatic carbocycles. The van der Waals surface area contributed by atoms with Crippen molar-refractivity contribution >= 4 is 29.1 Å². The maximum absolute atomic E-state index is 12.1. The van der Waals surface area contributed by atoms with Crippen molar-refractivity contribution in [2.24, 2.45) is 0 Å². The molecule has 0 atom stereocenters. The topological polar surface area (TPSA) is 87.1 Å².